The second-order valence-corrected chi connectivity index (χ2v) is 5.43. The van der Waals surface area contributed by atoms with Crippen LogP contribution in [0.5, 0.6) is 5.75 Å². The number of anilines is 1. The molecule has 1 N–H and O–H groups in total. The van der Waals surface area contributed by atoms with Crippen molar-refractivity contribution in [2.45, 2.75) is 19.5 Å². The summed E-state index contributed by atoms with van der Waals surface area (Å²) in [6.45, 7) is 2.77. The molecule has 1 atom stereocenters. The van der Waals surface area contributed by atoms with E-state index in [9.17, 15) is 4.79 Å². The highest BCUT2D eigenvalue weighted by atomic mass is 16.5. The van der Waals surface area contributed by atoms with Gasteiger partial charge in [-0.2, -0.15) is 0 Å². The molecule has 4 nitrogen and oxygen atoms in total. The Labute approximate surface area is 130 Å². The zero-order valence-electron chi connectivity index (χ0n) is 12.9. The minimum Gasteiger partial charge on any atom is -0.494 e. The number of carbonyl (C=O) groups is 1. The Morgan fingerprint density at radius 2 is 2.00 bits per heavy atom. The fourth-order valence-corrected chi connectivity index (χ4v) is 2.65. The van der Waals surface area contributed by atoms with Gasteiger partial charge in [0.1, 0.15) is 11.9 Å². The Kier molecular flexibility index (Phi) is 4.00. The first kappa shape index (κ1) is 14.4. The summed E-state index contributed by atoms with van der Waals surface area (Å²) in [7, 11) is 1.81. The number of amides is 1. The first-order valence-electron chi connectivity index (χ1n) is 7.56. The monoisotopic (exact) mass is 296 g/mol. The van der Waals surface area contributed by atoms with E-state index in [1.165, 1.54) is 0 Å². The maximum Gasteiger partial charge on any atom is 0.257 e. The second-order valence-electron chi connectivity index (χ2n) is 5.43. The summed E-state index contributed by atoms with van der Waals surface area (Å²) in [6, 6.07) is 15.5. The lowest BCUT2D eigenvalue weighted by Gasteiger charge is -2.35. The molecule has 0 spiro atoms. The molecule has 1 amide bonds. The summed E-state index contributed by atoms with van der Waals surface area (Å²) >= 11 is 0. The number of hydrogen-bond donors (Lipinski definition) is 1. The van der Waals surface area contributed by atoms with E-state index in [4.69, 9.17) is 4.74 Å². The maximum absolute atomic E-state index is 12.5. The van der Waals surface area contributed by atoms with E-state index in [1.54, 1.807) is 4.90 Å². The van der Waals surface area contributed by atoms with Gasteiger partial charge in [-0.05, 0) is 36.2 Å². The third kappa shape index (κ3) is 2.64. The van der Waals surface area contributed by atoms with Crippen LogP contribution in [0.15, 0.2) is 48.5 Å². The average Bonchev–Trinajstić information content (AvgIpc) is 2.56. The molecule has 0 aliphatic carbocycles. The second kappa shape index (κ2) is 6.10. The van der Waals surface area contributed by atoms with Gasteiger partial charge >= 0.3 is 0 Å². The molecular weight excluding hydrogens is 276 g/mol. The number of para-hydroxylation sites is 1. The van der Waals surface area contributed by atoms with Crippen LogP contribution in [-0.4, -0.2) is 24.5 Å². The standard InChI is InChI=1S/C18H20N2O2/c1-3-11-22-14-8-6-7-13(12-14)17-19-16-10-5-4-9-15(16)18(21)20(17)2/h4-10,12,17,19H,3,11H2,1-2H3. The van der Waals surface area contributed by atoms with Gasteiger partial charge in [0.15, 0.2) is 0 Å². The maximum atomic E-state index is 12.5. The molecule has 22 heavy (non-hydrogen) atoms. The molecule has 2 aromatic rings. The van der Waals surface area contributed by atoms with Gasteiger partial charge in [-0.3, -0.25) is 4.79 Å². The quantitative estimate of drug-likeness (QED) is 0.936. The lowest BCUT2D eigenvalue weighted by molar-refractivity contribution is 0.0735. The van der Waals surface area contributed by atoms with Crippen molar-refractivity contribution in [3.8, 4) is 5.75 Å². The van der Waals surface area contributed by atoms with Gasteiger partial charge in [-0.15, -0.1) is 0 Å². The minimum absolute atomic E-state index is 0.0271. The van der Waals surface area contributed by atoms with Crippen molar-refractivity contribution in [1.29, 1.82) is 0 Å². The Balaban J connectivity index is 1.91. The van der Waals surface area contributed by atoms with E-state index >= 15 is 0 Å². The highest BCUT2D eigenvalue weighted by Gasteiger charge is 2.29. The highest BCUT2D eigenvalue weighted by Crippen LogP contribution is 2.32. The van der Waals surface area contributed by atoms with Crippen molar-refractivity contribution in [2.75, 3.05) is 19.0 Å². The summed E-state index contributed by atoms with van der Waals surface area (Å²) in [5.41, 5.74) is 2.59. The van der Waals surface area contributed by atoms with Crippen molar-refractivity contribution in [3.05, 3.63) is 59.7 Å². The van der Waals surface area contributed by atoms with Gasteiger partial charge in [0.2, 0.25) is 0 Å². The number of nitrogens with zero attached hydrogens (tertiary/aromatic N) is 1. The third-order valence-electron chi connectivity index (χ3n) is 3.80. The van der Waals surface area contributed by atoms with Crippen LogP contribution in [0.1, 0.15) is 35.4 Å². The molecule has 4 heteroatoms. The van der Waals surface area contributed by atoms with Crippen LogP contribution < -0.4 is 10.1 Å². The average molecular weight is 296 g/mol. The van der Waals surface area contributed by atoms with Gasteiger partial charge in [0.05, 0.1) is 12.2 Å². The number of hydrogen-bond acceptors (Lipinski definition) is 3. The normalized spacial score (nSPS) is 16.9. The van der Waals surface area contributed by atoms with Gasteiger partial charge in [0, 0.05) is 12.7 Å². The van der Waals surface area contributed by atoms with Gasteiger partial charge in [-0.1, -0.05) is 31.2 Å². The molecule has 1 unspecified atom stereocenters. The van der Waals surface area contributed by atoms with Crippen molar-refractivity contribution in [1.82, 2.24) is 4.90 Å². The number of benzene rings is 2. The van der Waals surface area contributed by atoms with E-state index in [-0.39, 0.29) is 12.1 Å². The fraction of sp³-hybridized carbons (Fsp3) is 0.278. The molecule has 0 fully saturated rings. The fourth-order valence-electron chi connectivity index (χ4n) is 2.65. The summed E-state index contributed by atoms with van der Waals surface area (Å²) in [4.78, 5) is 14.2. The van der Waals surface area contributed by atoms with Gasteiger partial charge in [0.25, 0.3) is 5.91 Å². The van der Waals surface area contributed by atoms with Crippen LogP contribution in [0.4, 0.5) is 5.69 Å². The van der Waals surface area contributed by atoms with E-state index in [0.29, 0.717) is 12.2 Å². The molecule has 114 valence electrons. The number of fused-ring (bicyclic) bond motifs is 1. The Bertz CT molecular complexity index is 684. The first-order chi connectivity index (χ1) is 10.7. The van der Waals surface area contributed by atoms with Crippen LogP contribution in [0, 0.1) is 0 Å². The lowest BCUT2D eigenvalue weighted by atomic mass is 10.0. The van der Waals surface area contributed by atoms with Crippen LogP contribution in [0.2, 0.25) is 0 Å². The van der Waals surface area contributed by atoms with E-state index in [2.05, 4.69) is 12.2 Å². The Morgan fingerprint density at radius 1 is 1.18 bits per heavy atom. The molecular formula is C18H20N2O2. The van der Waals surface area contributed by atoms with Crippen LogP contribution in [0.3, 0.4) is 0 Å². The summed E-state index contributed by atoms with van der Waals surface area (Å²) in [6.07, 6.45) is 0.782. The van der Waals surface area contributed by atoms with Crippen molar-refractivity contribution in [2.24, 2.45) is 0 Å². The molecule has 1 aliphatic rings. The first-order valence-corrected chi connectivity index (χ1v) is 7.56. The SMILES string of the molecule is CCCOc1cccc(C2Nc3ccccc3C(=O)N2C)c1. The summed E-state index contributed by atoms with van der Waals surface area (Å²) in [5, 5.41) is 3.43. The molecule has 3 rings (SSSR count). The number of carbonyl (C=O) groups excluding carboxylic acids is 1. The number of rotatable bonds is 4. The Morgan fingerprint density at radius 3 is 2.82 bits per heavy atom. The smallest absolute Gasteiger partial charge is 0.257 e. The molecule has 0 aromatic heterocycles. The Hall–Kier alpha value is -2.49. The van der Waals surface area contributed by atoms with Crippen molar-refractivity contribution >= 4 is 11.6 Å². The molecule has 0 saturated heterocycles. The lowest BCUT2D eigenvalue weighted by Crippen LogP contribution is -2.40. The summed E-state index contributed by atoms with van der Waals surface area (Å²) in [5.74, 6) is 0.861. The van der Waals surface area contributed by atoms with E-state index < -0.39 is 0 Å². The molecule has 1 aliphatic heterocycles. The predicted octanol–water partition coefficient (Wildman–Crippen LogP) is 3.67. The van der Waals surface area contributed by atoms with E-state index in [1.807, 2.05) is 55.6 Å². The molecule has 0 saturated carbocycles. The molecule has 2 aromatic carbocycles. The zero-order chi connectivity index (χ0) is 15.5. The molecule has 0 bridgehead atoms. The zero-order valence-corrected chi connectivity index (χ0v) is 12.9. The third-order valence-corrected chi connectivity index (χ3v) is 3.80. The van der Waals surface area contributed by atoms with Crippen LogP contribution in [0.25, 0.3) is 0 Å². The van der Waals surface area contributed by atoms with Crippen molar-refractivity contribution in [3.63, 3.8) is 0 Å². The number of nitrogens with one attached hydrogen (secondary N) is 1. The van der Waals surface area contributed by atoms with Crippen LogP contribution in [-0.2, 0) is 0 Å². The molecule has 0 radical (unpaired) electrons. The highest BCUT2D eigenvalue weighted by molar-refractivity contribution is 6.01. The largest absolute Gasteiger partial charge is 0.494 e. The van der Waals surface area contributed by atoms with Crippen LogP contribution >= 0.6 is 0 Å². The topological polar surface area (TPSA) is 41.6 Å². The van der Waals surface area contributed by atoms with Gasteiger partial charge in [-0.25, -0.2) is 0 Å². The summed E-state index contributed by atoms with van der Waals surface area (Å²) < 4.78 is 5.69. The van der Waals surface area contributed by atoms with Crippen molar-refractivity contribution < 1.29 is 9.53 Å². The van der Waals surface area contributed by atoms with E-state index in [0.717, 1.165) is 23.4 Å². The minimum atomic E-state index is -0.187. The molecule has 1 heterocycles. The predicted molar refractivity (Wildman–Crippen MR) is 87.1 cm³/mol. The number of ether oxygens (including phenoxy) is 1. The van der Waals surface area contributed by atoms with Gasteiger partial charge < -0.3 is 15.0 Å².